The van der Waals surface area contributed by atoms with E-state index in [2.05, 4.69) is 4.98 Å². The van der Waals surface area contributed by atoms with Crippen molar-refractivity contribution in [1.29, 1.82) is 5.26 Å². The molecule has 0 saturated carbocycles. The summed E-state index contributed by atoms with van der Waals surface area (Å²) in [4.78, 5) is 14.5. The van der Waals surface area contributed by atoms with Gasteiger partial charge < -0.3 is 5.73 Å². The number of halogens is 1. The van der Waals surface area contributed by atoms with Gasteiger partial charge in [0.25, 0.3) is 5.69 Å². The highest BCUT2D eigenvalue weighted by atomic mass is 19.1. The van der Waals surface area contributed by atoms with Gasteiger partial charge in [0.1, 0.15) is 23.3 Å². The highest BCUT2D eigenvalue weighted by molar-refractivity contribution is 5.80. The van der Waals surface area contributed by atoms with E-state index < -0.39 is 4.92 Å². The van der Waals surface area contributed by atoms with E-state index in [1.165, 1.54) is 24.3 Å². The molecular formula is C18H11FN4O2. The van der Waals surface area contributed by atoms with Gasteiger partial charge in [-0.2, -0.15) is 5.26 Å². The van der Waals surface area contributed by atoms with E-state index >= 15 is 0 Å². The summed E-state index contributed by atoms with van der Waals surface area (Å²) < 4.78 is 13.1. The molecule has 1 aromatic heterocycles. The summed E-state index contributed by atoms with van der Waals surface area (Å²) in [7, 11) is 0. The standard InChI is InChI=1S/C18H11FN4O2/c19-13-5-1-12(2-6-13)17-9-15(16(10-20)18(21)22-17)11-3-7-14(8-4-11)23(24)25/h1-9H,(H2,21,22). The third-order valence-corrected chi connectivity index (χ3v) is 3.69. The minimum atomic E-state index is -0.500. The summed E-state index contributed by atoms with van der Waals surface area (Å²) in [5, 5.41) is 20.2. The fourth-order valence-corrected chi connectivity index (χ4v) is 2.44. The smallest absolute Gasteiger partial charge is 0.269 e. The molecule has 0 unspecified atom stereocenters. The van der Waals surface area contributed by atoms with Gasteiger partial charge >= 0.3 is 0 Å². The van der Waals surface area contributed by atoms with Crippen LogP contribution in [0.3, 0.4) is 0 Å². The van der Waals surface area contributed by atoms with Gasteiger partial charge in [0, 0.05) is 23.3 Å². The second kappa shape index (κ2) is 6.37. The van der Waals surface area contributed by atoms with E-state index in [-0.39, 0.29) is 22.9 Å². The minimum absolute atomic E-state index is 0.0395. The summed E-state index contributed by atoms with van der Waals surface area (Å²) >= 11 is 0. The summed E-state index contributed by atoms with van der Waals surface area (Å²) in [5.41, 5.74) is 8.24. The van der Waals surface area contributed by atoms with Crippen LogP contribution in [0.15, 0.2) is 54.6 Å². The van der Waals surface area contributed by atoms with Crippen LogP contribution in [0.4, 0.5) is 15.9 Å². The Hall–Kier alpha value is -3.79. The number of hydrogen-bond donors (Lipinski definition) is 1. The molecule has 7 heteroatoms. The molecule has 25 heavy (non-hydrogen) atoms. The van der Waals surface area contributed by atoms with Crippen molar-refractivity contribution in [2.45, 2.75) is 0 Å². The zero-order valence-corrected chi connectivity index (χ0v) is 12.8. The van der Waals surface area contributed by atoms with Gasteiger partial charge in [-0.1, -0.05) is 0 Å². The van der Waals surface area contributed by atoms with Crippen molar-refractivity contribution in [2.24, 2.45) is 0 Å². The first kappa shape index (κ1) is 16.1. The second-order valence-corrected chi connectivity index (χ2v) is 5.24. The molecule has 0 fully saturated rings. The number of nitrogens with zero attached hydrogens (tertiary/aromatic N) is 3. The van der Waals surface area contributed by atoms with Gasteiger partial charge in [-0.25, -0.2) is 9.37 Å². The molecule has 0 aliphatic carbocycles. The minimum Gasteiger partial charge on any atom is -0.383 e. The number of benzene rings is 2. The number of nitro benzene ring substituents is 1. The Morgan fingerprint density at radius 2 is 1.68 bits per heavy atom. The lowest BCUT2D eigenvalue weighted by atomic mass is 9.98. The van der Waals surface area contributed by atoms with Gasteiger partial charge in [0.05, 0.1) is 10.6 Å². The zero-order chi connectivity index (χ0) is 18.0. The molecule has 0 bridgehead atoms. The molecule has 0 aliphatic heterocycles. The molecule has 1 heterocycles. The summed E-state index contributed by atoms with van der Waals surface area (Å²) in [6.45, 7) is 0. The molecule has 3 aromatic rings. The van der Waals surface area contributed by atoms with Crippen LogP contribution in [0.2, 0.25) is 0 Å². The molecule has 6 nitrogen and oxygen atoms in total. The lowest BCUT2D eigenvalue weighted by Crippen LogP contribution is -2.00. The summed E-state index contributed by atoms with van der Waals surface area (Å²) in [6, 6.07) is 15.2. The predicted molar refractivity (Wildman–Crippen MR) is 90.8 cm³/mol. The third kappa shape index (κ3) is 3.14. The maximum Gasteiger partial charge on any atom is 0.269 e. The zero-order valence-electron chi connectivity index (χ0n) is 12.8. The normalized spacial score (nSPS) is 10.2. The number of nitriles is 1. The van der Waals surface area contributed by atoms with E-state index in [4.69, 9.17) is 5.73 Å². The molecule has 0 saturated heterocycles. The summed E-state index contributed by atoms with van der Waals surface area (Å²) in [5.74, 6) is -0.335. The quantitative estimate of drug-likeness (QED) is 0.577. The first-order chi connectivity index (χ1) is 12.0. The third-order valence-electron chi connectivity index (χ3n) is 3.69. The van der Waals surface area contributed by atoms with Crippen molar-refractivity contribution < 1.29 is 9.31 Å². The SMILES string of the molecule is N#Cc1c(-c2ccc([N+](=O)[O-])cc2)cc(-c2ccc(F)cc2)nc1N. The van der Waals surface area contributed by atoms with Gasteiger partial charge in [0.15, 0.2) is 0 Å². The topological polar surface area (TPSA) is 106 Å². The van der Waals surface area contributed by atoms with Crippen molar-refractivity contribution in [2.75, 3.05) is 5.73 Å². The Morgan fingerprint density at radius 1 is 1.08 bits per heavy atom. The van der Waals surface area contributed by atoms with Crippen molar-refractivity contribution >= 4 is 11.5 Å². The van der Waals surface area contributed by atoms with Crippen molar-refractivity contribution in [3.05, 3.63) is 76.1 Å². The highest BCUT2D eigenvalue weighted by Crippen LogP contribution is 2.32. The molecule has 0 spiro atoms. The number of anilines is 1. The number of nitro groups is 1. The van der Waals surface area contributed by atoms with Crippen LogP contribution in [0.1, 0.15) is 5.56 Å². The molecule has 0 amide bonds. The monoisotopic (exact) mass is 334 g/mol. The Balaban J connectivity index is 2.16. The van der Waals surface area contributed by atoms with Crippen LogP contribution in [-0.2, 0) is 0 Å². The maximum absolute atomic E-state index is 13.1. The predicted octanol–water partition coefficient (Wildman–Crippen LogP) is 3.92. The molecular weight excluding hydrogens is 323 g/mol. The van der Waals surface area contributed by atoms with Gasteiger partial charge in [-0.15, -0.1) is 0 Å². The van der Waals surface area contributed by atoms with Gasteiger partial charge in [-0.3, -0.25) is 10.1 Å². The highest BCUT2D eigenvalue weighted by Gasteiger charge is 2.14. The van der Waals surface area contributed by atoms with E-state index in [1.807, 2.05) is 6.07 Å². The Kier molecular flexibility index (Phi) is 4.10. The largest absolute Gasteiger partial charge is 0.383 e. The number of hydrogen-bond acceptors (Lipinski definition) is 5. The van der Waals surface area contributed by atoms with E-state index in [0.29, 0.717) is 22.4 Å². The number of rotatable bonds is 3. The Morgan fingerprint density at radius 3 is 2.24 bits per heavy atom. The van der Waals surface area contributed by atoms with Crippen LogP contribution in [0, 0.1) is 27.3 Å². The summed E-state index contributed by atoms with van der Waals surface area (Å²) in [6.07, 6.45) is 0. The fraction of sp³-hybridized carbons (Fsp3) is 0. The molecule has 2 aromatic carbocycles. The lowest BCUT2D eigenvalue weighted by Gasteiger charge is -2.10. The number of nitrogens with two attached hydrogens (primary N) is 1. The lowest BCUT2D eigenvalue weighted by molar-refractivity contribution is -0.384. The van der Waals surface area contributed by atoms with E-state index in [9.17, 15) is 19.8 Å². The molecule has 3 rings (SSSR count). The van der Waals surface area contributed by atoms with Crippen LogP contribution in [-0.4, -0.2) is 9.91 Å². The molecule has 2 N–H and O–H groups in total. The first-order valence-corrected chi connectivity index (χ1v) is 7.21. The van der Waals surface area contributed by atoms with Crippen LogP contribution < -0.4 is 5.73 Å². The van der Waals surface area contributed by atoms with Crippen molar-refractivity contribution in [3.8, 4) is 28.5 Å². The van der Waals surface area contributed by atoms with E-state index in [0.717, 1.165) is 0 Å². The maximum atomic E-state index is 13.1. The number of nitrogen functional groups attached to an aromatic ring is 1. The molecule has 122 valence electrons. The average molecular weight is 334 g/mol. The van der Waals surface area contributed by atoms with E-state index in [1.54, 1.807) is 30.3 Å². The fourth-order valence-electron chi connectivity index (χ4n) is 2.44. The van der Waals surface area contributed by atoms with Gasteiger partial charge in [0.2, 0.25) is 0 Å². The molecule has 0 aliphatic rings. The molecule has 0 radical (unpaired) electrons. The number of non-ortho nitro benzene ring substituents is 1. The Bertz CT molecular complexity index is 993. The number of pyridine rings is 1. The number of aromatic nitrogens is 1. The van der Waals surface area contributed by atoms with Crippen LogP contribution >= 0.6 is 0 Å². The van der Waals surface area contributed by atoms with Crippen LogP contribution in [0.5, 0.6) is 0 Å². The first-order valence-electron chi connectivity index (χ1n) is 7.21. The second-order valence-electron chi connectivity index (χ2n) is 5.24. The average Bonchev–Trinajstić information content (AvgIpc) is 2.61. The van der Waals surface area contributed by atoms with Crippen molar-refractivity contribution in [1.82, 2.24) is 4.98 Å². The van der Waals surface area contributed by atoms with Crippen LogP contribution in [0.25, 0.3) is 22.4 Å². The molecule has 0 atom stereocenters. The van der Waals surface area contributed by atoms with Crippen molar-refractivity contribution in [3.63, 3.8) is 0 Å². The van der Waals surface area contributed by atoms with Gasteiger partial charge in [-0.05, 0) is 48.0 Å². The Labute approximate surface area is 142 Å².